The van der Waals surface area contributed by atoms with Gasteiger partial charge in [0, 0.05) is 36.8 Å². The highest BCUT2D eigenvalue weighted by atomic mass is 16.2. The van der Waals surface area contributed by atoms with E-state index in [0.29, 0.717) is 11.6 Å². The van der Waals surface area contributed by atoms with E-state index in [9.17, 15) is 4.79 Å². The lowest BCUT2D eigenvalue weighted by Crippen LogP contribution is -2.34. The summed E-state index contributed by atoms with van der Waals surface area (Å²) < 4.78 is 1.74. The number of aromatic nitrogens is 4. The summed E-state index contributed by atoms with van der Waals surface area (Å²) in [6.45, 7) is 2.69. The van der Waals surface area contributed by atoms with Crippen LogP contribution in [-0.4, -0.2) is 44.4 Å². The fourth-order valence-corrected chi connectivity index (χ4v) is 3.37. The second kappa shape index (κ2) is 6.27. The molecule has 0 atom stereocenters. The molecule has 0 N–H and O–H groups in total. The first-order chi connectivity index (χ1) is 12.1. The normalized spacial score (nSPS) is 14.5. The number of hydrogen-bond donors (Lipinski definition) is 0. The Hall–Kier alpha value is -2.76. The summed E-state index contributed by atoms with van der Waals surface area (Å²) in [5, 5.41) is 10.5. The van der Waals surface area contributed by atoms with Crippen LogP contribution in [0.3, 0.4) is 0 Å². The molecule has 1 amide bonds. The van der Waals surface area contributed by atoms with E-state index < -0.39 is 0 Å². The molecule has 25 heavy (non-hydrogen) atoms. The first-order valence-corrected chi connectivity index (χ1v) is 8.66. The number of hydrogen-bond acceptors (Lipinski definition) is 4. The number of amides is 1. The molecule has 0 bridgehead atoms. The number of rotatable bonds is 4. The molecule has 6 heteroatoms. The van der Waals surface area contributed by atoms with Crippen LogP contribution in [0.4, 0.5) is 0 Å². The van der Waals surface area contributed by atoms with Crippen molar-refractivity contribution in [3.8, 4) is 5.69 Å². The van der Waals surface area contributed by atoms with E-state index >= 15 is 0 Å². The van der Waals surface area contributed by atoms with Gasteiger partial charge in [-0.2, -0.15) is 0 Å². The van der Waals surface area contributed by atoms with Crippen LogP contribution in [0.25, 0.3) is 16.5 Å². The second-order valence-corrected chi connectivity index (χ2v) is 6.79. The summed E-state index contributed by atoms with van der Waals surface area (Å²) >= 11 is 0. The number of pyridine rings is 1. The molecule has 1 aliphatic carbocycles. The van der Waals surface area contributed by atoms with Crippen LogP contribution in [0.2, 0.25) is 0 Å². The number of fused-ring (bicyclic) bond motifs is 1. The third-order valence-electron chi connectivity index (χ3n) is 5.09. The maximum atomic E-state index is 12.7. The zero-order chi connectivity index (χ0) is 17.4. The predicted octanol–water partition coefficient (Wildman–Crippen LogP) is 3.00. The number of benzene rings is 1. The lowest BCUT2D eigenvalue weighted by Gasteiger charge is -2.29. The summed E-state index contributed by atoms with van der Waals surface area (Å²) in [5.41, 5.74) is 2.09. The minimum atomic E-state index is -0.0578. The average molecular weight is 335 g/mol. The summed E-state index contributed by atoms with van der Waals surface area (Å²) in [7, 11) is 1.85. The molecule has 0 unspecified atom stereocenters. The maximum absolute atomic E-state index is 12.7. The van der Waals surface area contributed by atoms with Crippen molar-refractivity contribution in [1.29, 1.82) is 0 Å². The van der Waals surface area contributed by atoms with Gasteiger partial charge in [0.2, 0.25) is 0 Å². The molecule has 128 valence electrons. The maximum Gasteiger partial charge on any atom is 0.276 e. The second-order valence-electron chi connectivity index (χ2n) is 6.79. The van der Waals surface area contributed by atoms with E-state index in [4.69, 9.17) is 0 Å². The zero-order valence-electron chi connectivity index (χ0n) is 14.5. The quantitative estimate of drug-likeness (QED) is 0.735. The van der Waals surface area contributed by atoms with Crippen LogP contribution in [0, 0.1) is 12.8 Å². The Kier molecular flexibility index (Phi) is 3.95. The Morgan fingerprint density at radius 3 is 2.92 bits per heavy atom. The minimum absolute atomic E-state index is 0.0578. The van der Waals surface area contributed by atoms with E-state index in [1.807, 2.05) is 44.4 Å². The number of nitrogens with zero attached hydrogens (tertiary/aromatic N) is 5. The Balaban J connectivity index is 1.67. The van der Waals surface area contributed by atoms with Gasteiger partial charge in [-0.05, 0) is 37.8 Å². The topological polar surface area (TPSA) is 63.9 Å². The van der Waals surface area contributed by atoms with Crippen LogP contribution in [0.15, 0.2) is 36.7 Å². The third kappa shape index (κ3) is 2.77. The van der Waals surface area contributed by atoms with Gasteiger partial charge in [0.25, 0.3) is 5.91 Å². The summed E-state index contributed by atoms with van der Waals surface area (Å²) in [6.07, 6.45) is 7.29. The van der Waals surface area contributed by atoms with Crippen molar-refractivity contribution in [2.45, 2.75) is 26.2 Å². The molecule has 0 spiro atoms. The van der Waals surface area contributed by atoms with Crippen LogP contribution < -0.4 is 0 Å². The fourth-order valence-electron chi connectivity index (χ4n) is 3.37. The van der Waals surface area contributed by atoms with Crippen molar-refractivity contribution >= 4 is 16.7 Å². The highest BCUT2D eigenvalue weighted by Crippen LogP contribution is 2.27. The minimum Gasteiger partial charge on any atom is -0.340 e. The van der Waals surface area contributed by atoms with E-state index in [1.54, 1.807) is 15.8 Å². The van der Waals surface area contributed by atoms with Crippen molar-refractivity contribution in [2.75, 3.05) is 13.6 Å². The summed E-state index contributed by atoms with van der Waals surface area (Å²) in [6, 6.07) is 7.91. The molecule has 0 saturated heterocycles. The Morgan fingerprint density at radius 1 is 1.32 bits per heavy atom. The van der Waals surface area contributed by atoms with Crippen molar-refractivity contribution in [3.05, 3.63) is 48.0 Å². The largest absolute Gasteiger partial charge is 0.340 e. The number of carbonyl (C=O) groups excluding carboxylic acids is 1. The molecule has 2 heterocycles. The molecular formula is C19H21N5O. The van der Waals surface area contributed by atoms with Gasteiger partial charge in [-0.25, -0.2) is 4.68 Å². The van der Waals surface area contributed by atoms with Crippen molar-refractivity contribution in [2.24, 2.45) is 5.92 Å². The van der Waals surface area contributed by atoms with Crippen molar-refractivity contribution in [3.63, 3.8) is 0 Å². The monoisotopic (exact) mass is 335 g/mol. The van der Waals surface area contributed by atoms with Crippen LogP contribution in [-0.2, 0) is 0 Å². The molecular weight excluding hydrogens is 314 g/mol. The molecule has 1 aliphatic rings. The predicted molar refractivity (Wildman–Crippen MR) is 95.7 cm³/mol. The smallest absolute Gasteiger partial charge is 0.276 e. The van der Waals surface area contributed by atoms with E-state index in [-0.39, 0.29) is 5.91 Å². The lowest BCUT2D eigenvalue weighted by molar-refractivity contribution is 0.0738. The molecule has 1 aromatic carbocycles. The number of carbonyl (C=O) groups is 1. The van der Waals surface area contributed by atoms with Crippen LogP contribution in [0.5, 0.6) is 0 Å². The summed E-state index contributed by atoms with van der Waals surface area (Å²) in [4.78, 5) is 18.7. The van der Waals surface area contributed by atoms with Gasteiger partial charge in [-0.1, -0.05) is 23.8 Å². The molecule has 4 rings (SSSR count). The molecule has 2 aromatic heterocycles. The Labute approximate surface area is 146 Å². The average Bonchev–Trinajstić information content (AvgIpc) is 2.98. The Bertz CT molecular complexity index is 923. The van der Waals surface area contributed by atoms with Gasteiger partial charge in [0.1, 0.15) is 0 Å². The highest BCUT2D eigenvalue weighted by molar-refractivity contribution is 5.94. The molecule has 0 aliphatic heterocycles. The first-order valence-electron chi connectivity index (χ1n) is 8.66. The van der Waals surface area contributed by atoms with E-state index in [1.165, 1.54) is 19.3 Å². The molecule has 1 saturated carbocycles. The van der Waals surface area contributed by atoms with Gasteiger partial charge in [-0.15, -0.1) is 5.10 Å². The summed E-state index contributed by atoms with van der Waals surface area (Å²) in [5.74, 6) is 0.576. The van der Waals surface area contributed by atoms with Crippen LogP contribution in [0.1, 0.15) is 35.4 Å². The van der Waals surface area contributed by atoms with E-state index in [2.05, 4.69) is 15.3 Å². The SMILES string of the molecule is Cc1c(C(=O)N(C)CC2CCC2)nnn1-c1cccc2cnccc12. The van der Waals surface area contributed by atoms with Crippen LogP contribution >= 0.6 is 0 Å². The molecule has 0 radical (unpaired) electrons. The van der Waals surface area contributed by atoms with Gasteiger partial charge < -0.3 is 4.90 Å². The molecule has 3 aromatic rings. The van der Waals surface area contributed by atoms with Gasteiger partial charge in [-0.3, -0.25) is 9.78 Å². The zero-order valence-corrected chi connectivity index (χ0v) is 14.5. The Morgan fingerprint density at radius 2 is 2.16 bits per heavy atom. The fraction of sp³-hybridized carbons (Fsp3) is 0.368. The molecule has 1 fully saturated rings. The van der Waals surface area contributed by atoms with Gasteiger partial charge >= 0.3 is 0 Å². The standard InChI is InChI=1S/C19H21N5O/c1-13-18(19(25)23(2)12-14-5-3-6-14)21-22-24(13)17-8-4-7-15-11-20-10-9-16(15)17/h4,7-11,14H,3,5-6,12H2,1-2H3. The van der Waals surface area contributed by atoms with E-state index in [0.717, 1.165) is 28.7 Å². The lowest BCUT2D eigenvalue weighted by atomic mass is 9.85. The highest BCUT2D eigenvalue weighted by Gasteiger charge is 2.25. The van der Waals surface area contributed by atoms with Gasteiger partial charge in [0.15, 0.2) is 5.69 Å². The third-order valence-corrected chi connectivity index (χ3v) is 5.09. The molecule has 6 nitrogen and oxygen atoms in total. The van der Waals surface area contributed by atoms with Crippen molar-refractivity contribution in [1.82, 2.24) is 24.9 Å². The first kappa shape index (κ1) is 15.7. The van der Waals surface area contributed by atoms with Gasteiger partial charge in [0.05, 0.1) is 11.4 Å². The van der Waals surface area contributed by atoms with Crippen molar-refractivity contribution < 1.29 is 4.79 Å².